The standard InChI is InChI=1S/C25H25NO3/c1-2-29-25(28)23(18-26-17-9-12-19-10-4-3-5-11-19)24(27)22-16-8-14-20-13-6-7-15-21(20)22/h3-8,10-11,13-16,18,23H,2,9,12,17H2,1H3. The smallest absolute Gasteiger partial charge is 0.322 e. The van der Waals surface area contributed by atoms with Crippen LogP contribution >= 0.6 is 0 Å². The molecule has 0 aromatic heterocycles. The lowest BCUT2D eigenvalue weighted by molar-refractivity contribution is -0.143. The fraction of sp³-hybridized carbons (Fsp3) is 0.240. The van der Waals surface area contributed by atoms with Crippen LogP contribution in [0.15, 0.2) is 77.8 Å². The van der Waals surface area contributed by atoms with Crippen LogP contribution in [-0.4, -0.2) is 31.1 Å². The molecule has 0 aliphatic rings. The molecule has 3 aromatic rings. The molecule has 148 valence electrons. The van der Waals surface area contributed by atoms with Crippen LogP contribution < -0.4 is 0 Å². The normalized spacial score (nSPS) is 12.2. The van der Waals surface area contributed by atoms with Crippen molar-refractivity contribution in [2.75, 3.05) is 13.2 Å². The Morgan fingerprint density at radius 2 is 1.69 bits per heavy atom. The molecule has 0 N–H and O–H groups in total. The van der Waals surface area contributed by atoms with E-state index in [-0.39, 0.29) is 12.4 Å². The molecule has 1 atom stereocenters. The van der Waals surface area contributed by atoms with Crippen LogP contribution in [-0.2, 0) is 16.0 Å². The molecular formula is C25H25NO3. The van der Waals surface area contributed by atoms with Gasteiger partial charge in [0.25, 0.3) is 0 Å². The van der Waals surface area contributed by atoms with E-state index in [0.29, 0.717) is 12.1 Å². The molecule has 1 unspecified atom stereocenters. The summed E-state index contributed by atoms with van der Waals surface area (Å²) in [6.45, 7) is 2.50. The summed E-state index contributed by atoms with van der Waals surface area (Å²) in [4.78, 5) is 30.0. The van der Waals surface area contributed by atoms with E-state index < -0.39 is 11.9 Å². The van der Waals surface area contributed by atoms with Gasteiger partial charge in [-0.25, -0.2) is 0 Å². The first-order chi connectivity index (χ1) is 14.2. The second kappa shape index (κ2) is 10.3. The van der Waals surface area contributed by atoms with E-state index in [1.165, 1.54) is 11.8 Å². The summed E-state index contributed by atoms with van der Waals surface area (Å²) in [6.07, 6.45) is 3.20. The van der Waals surface area contributed by atoms with Crippen LogP contribution in [0.4, 0.5) is 0 Å². The lowest BCUT2D eigenvalue weighted by Gasteiger charge is -2.12. The molecule has 0 bridgehead atoms. The molecule has 0 radical (unpaired) electrons. The summed E-state index contributed by atoms with van der Waals surface area (Å²) in [5.41, 5.74) is 1.76. The van der Waals surface area contributed by atoms with E-state index in [0.717, 1.165) is 23.6 Å². The number of Topliss-reactive ketones (excluding diaryl/α,β-unsaturated/α-hetero) is 1. The summed E-state index contributed by atoms with van der Waals surface area (Å²) in [6, 6.07) is 23.3. The van der Waals surface area contributed by atoms with Gasteiger partial charge in [0.1, 0.15) is 0 Å². The van der Waals surface area contributed by atoms with Crippen molar-refractivity contribution in [1.29, 1.82) is 0 Å². The van der Waals surface area contributed by atoms with Gasteiger partial charge in [-0.1, -0.05) is 72.8 Å². The number of benzene rings is 3. The molecule has 0 saturated carbocycles. The number of carbonyl (C=O) groups is 2. The molecule has 0 fully saturated rings. The first-order valence-electron chi connectivity index (χ1n) is 9.93. The minimum absolute atomic E-state index is 0.222. The minimum Gasteiger partial charge on any atom is -0.465 e. The van der Waals surface area contributed by atoms with Crippen LogP contribution in [0.5, 0.6) is 0 Å². The number of hydrogen-bond donors (Lipinski definition) is 0. The third kappa shape index (κ3) is 5.38. The number of aryl methyl sites for hydroxylation is 1. The highest BCUT2D eigenvalue weighted by Gasteiger charge is 2.28. The number of nitrogens with zero attached hydrogens (tertiary/aromatic N) is 1. The lowest BCUT2D eigenvalue weighted by atomic mass is 9.94. The highest BCUT2D eigenvalue weighted by molar-refractivity contribution is 6.22. The number of esters is 1. The first kappa shape index (κ1) is 20.5. The second-order valence-electron chi connectivity index (χ2n) is 6.77. The Hall–Kier alpha value is -3.27. The van der Waals surface area contributed by atoms with E-state index in [2.05, 4.69) is 17.1 Å². The van der Waals surface area contributed by atoms with Gasteiger partial charge in [0.2, 0.25) is 0 Å². The van der Waals surface area contributed by atoms with E-state index in [9.17, 15) is 9.59 Å². The fourth-order valence-corrected chi connectivity index (χ4v) is 3.27. The third-order valence-corrected chi connectivity index (χ3v) is 4.73. The summed E-state index contributed by atoms with van der Waals surface area (Å²) >= 11 is 0. The number of ether oxygens (including phenoxy) is 1. The van der Waals surface area contributed by atoms with Crippen molar-refractivity contribution >= 4 is 28.7 Å². The maximum absolute atomic E-state index is 13.2. The molecular weight excluding hydrogens is 362 g/mol. The summed E-state index contributed by atoms with van der Waals surface area (Å²) in [5.74, 6) is -1.87. The Morgan fingerprint density at radius 1 is 0.966 bits per heavy atom. The number of aliphatic imine (C=N–C) groups is 1. The number of hydrogen-bond acceptors (Lipinski definition) is 4. The van der Waals surface area contributed by atoms with Gasteiger partial charge in [0, 0.05) is 18.3 Å². The van der Waals surface area contributed by atoms with Crippen molar-refractivity contribution in [1.82, 2.24) is 0 Å². The average molecular weight is 387 g/mol. The Labute approximate surface area is 171 Å². The first-order valence-corrected chi connectivity index (χ1v) is 9.93. The lowest BCUT2D eigenvalue weighted by Crippen LogP contribution is -2.28. The molecule has 3 rings (SSSR count). The SMILES string of the molecule is CCOC(=O)C(C=NCCCc1ccccc1)C(=O)c1cccc2ccccc12. The van der Waals surface area contributed by atoms with Crippen LogP contribution in [0.25, 0.3) is 10.8 Å². The summed E-state index contributed by atoms with van der Waals surface area (Å²) in [5, 5.41) is 1.78. The minimum atomic E-state index is -1.03. The molecule has 4 nitrogen and oxygen atoms in total. The molecule has 29 heavy (non-hydrogen) atoms. The second-order valence-corrected chi connectivity index (χ2v) is 6.77. The monoisotopic (exact) mass is 387 g/mol. The molecule has 0 aliphatic heterocycles. The van der Waals surface area contributed by atoms with E-state index >= 15 is 0 Å². The average Bonchev–Trinajstić information content (AvgIpc) is 2.76. The van der Waals surface area contributed by atoms with Crippen molar-refractivity contribution in [3.8, 4) is 0 Å². The van der Waals surface area contributed by atoms with E-state index in [1.54, 1.807) is 13.0 Å². The van der Waals surface area contributed by atoms with Gasteiger partial charge in [-0.2, -0.15) is 0 Å². The summed E-state index contributed by atoms with van der Waals surface area (Å²) < 4.78 is 5.13. The maximum Gasteiger partial charge on any atom is 0.322 e. The van der Waals surface area contributed by atoms with Gasteiger partial charge >= 0.3 is 5.97 Å². The zero-order valence-corrected chi connectivity index (χ0v) is 16.6. The molecule has 0 amide bonds. The molecule has 0 spiro atoms. The predicted molar refractivity (Wildman–Crippen MR) is 117 cm³/mol. The number of ketones is 1. The Kier molecular flexibility index (Phi) is 7.28. The molecule has 4 heteroatoms. The van der Waals surface area contributed by atoms with Gasteiger partial charge in [-0.15, -0.1) is 0 Å². The molecule has 3 aromatic carbocycles. The number of fused-ring (bicyclic) bond motifs is 1. The van der Waals surface area contributed by atoms with E-state index in [4.69, 9.17) is 4.74 Å². The number of carbonyl (C=O) groups excluding carboxylic acids is 2. The van der Waals surface area contributed by atoms with Crippen LogP contribution in [0.3, 0.4) is 0 Å². The van der Waals surface area contributed by atoms with Crippen molar-refractivity contribution in [2.24, 2.45) is 10.9 Å². The van der Waals surface area contributed by atoms with Crippen molar-refractivity contribution in [3.05, 3.63) is 83.9 Å². The van der Waals surface area contributed by atoms with Gasteiger partial charge in [0.05, 0.1) is 6.61 Å². The van der Waals surface area contributed by atoms with Crippen LogP contribution in [0.1, 0.15) is 29.3 Å². The van der Waals surface area contributed by atoms with Gasteiger partial charge in [0.15, 0.2) is 11.7 Å². The third-order valence-electron chi connectivity index (χ3n) is 4.73. The Bertz CT molecular complexity index is 990. The van der Waals surface area contributed by atoms with E-state index in [1.807, 2.05) is 54.6 Å². The summed E-state index contributed by atoms with van der Waals surface area (Å²) in [7, 11) is 0. The number of rotatable bonds is 9. The highest BCUT2D eigenvalue weighted by Crippen LogP contribution is 2.21. The zero-order valence-electron chi connectivity index (χ0n) is 16.6. The van der Waals surface area contributed by atoms with Gasteiger partial charge in [-0.05, 0) is 36.1 Å². The van der Waals surface area contributed by atoms with Crippen molar-refractivity contribution in [2.45, 2.75) is 19.8 Å². The Morgan fingerprint density at radius 3 is 2.48 bits per heavy atom. The Balaban J connectivity index is 1.74. The topological polar surface area (TPSA) is 55.7 Å². The van der Waals surface area contributed by atoms with Crippen LogP contribution in [0, 0.1) is 5.92 Å². The predicted octanol–water partition coefficient (Wildman–Crippen LogP) is 4.91. The highest BCUT2D eigenvalue weighted by atomic mass is 16.5. The zero-order chi connectivity index (χ0) is 20.5. The van der Waals surface area contributed by atoms with Gasteiger partial charge in [-0.3, -0.25) is 14.6 Å². The fourth-order valence-electron chi connectivity index (χ4n) is 3.27. The molecule has 0 aliphatic carbocycles. The quantitative estimate of drug-likeness (QED) is 0.172. The molecule has 0 saturated heterocycles. The van der Waals surface area contributed by atoms with Crippen molar-refractivity contribution in [3.63, 3.8) is 0 Å². The van der Waals surface area contributed by atoms with Gasteiger partial charge < -0.3 is 4.74 Å². The largest absolute Gasteiger partial charge is 0.465 e. The van der Waals surface area contributed by atoms with Crippen LogP contribution in [0.2, 0.25) is 0 Å². The maximum atomic E-state index is 13.2. The van der Waals surface area contributed by atoms with Crippen molar-refractivity contribution < 1.29 is 14.3 Å². The molecule has 0 heterocycles.